The third kappa shape index (κ3) is 3.96. The van der Waals surface area contributed by atoms with Crippen LogP contribution >= 0.6 is 0 Å². The summed E-state index contributed by atoms with van der Waals surface area (Å²) in [6.45, 7) is 7.53. The van der Waals surface area contributed by atoms with Crippen molar-refractivity contribution < 1.29 is 9.53 Å². The molecule has 2 heterocycles. The molecule has 0 spiro atoms. The van der Waals surface area contributed by atoms with Gasteiger partial charge in [0, 0.05) is 39.1 Å². The monoisotopic (exact) mass is 317 g/mol. The summed E-state index contributed by atoms with van der Waals surface area (Å²) in [5.74, 6) is 1.18. The third-order valence-corrected chi connectivity index (χ3v) is 4.65. The lowest BCUT2D eigenvalue weighted by atomic mass is 10.1. The first-order valence-electron chi connectivity index (χ1n) is 8.77. The minimum atomic E-state index is 0.100. The van der Waals surface area contributed by atoms with Gasteiger partial charge in [0.15, 0.2) is 0 Å². The Bertz CT molecular complexity index is 529. The maximum atomic E-state index is 11.9. The second-order valence-corrected chi connectivity index (χ2v) is 6.28. The highest BCUT2D eigenvalue weighted by Crippen LogP contribution is 2.30. The fourth-order valence-corrected chi connectivity index (χ4v) is 3.39. The minimum Gasteiger partial charge on any atom is -0.486 e. The van der Waals surface area contributed by atoms with Crippen LogP contribution in [0.25, 0.3) is 0 Å². The Morgan fingerprint density at radius 1 is 1.26 bits per heavy atom. The van der Waals surface area contributed by atoms with Crippen molar-refractivity contribution in [1.29, 1.82) is 0 Å². The first kappa shape index (κ1) is 16.1. The lowest BCUT2D eigenvalue weighted by Crippen LogP contribution is -2.45. The molecule has 1 amide bonds. The second kappa shape index (κ2) is 7.68. The Hall–Kier alpha value is -1.75. The molecule has 0 radical (unpaired) electrons. The number of carbonyl (C=O) groups is 1. The molecule has 0 bridgehead atoms. The molecule has 1 N–H and O–H groups in total. The van der Waals surface area contributed by atoms with Crippen molar-refractivity contribution in [3.8, 4) is 5.75 Å². The van der Waals surface area contributed by atoms with Crippen molar-refractivity contribution in [2.45, 2.75) is 32.3 Å². The molecular weight excluding hydrogens is 290 g/mol. The summed E-state index contributed by atoms with van der Waals surface area (Å²) < 4.78 is 6.31. The number of piperidine rings is 1. The number of anilines is 1. The maximum Gasteiger partial charge on any atom is 0.222 e. The fourth-order valence-electron chi connectivity index (χ4n) is 3.39. The van der Waals surface area contributed by atoms with E-state index in [1.165, 1.54) is 5.69 Å². The molecule has 0 saturated carbocycles. The summed E-state index contributed by atoms with van der Waals surface area (Å²) in [6.07, 6.45) is 2.71. The SMILES string of the molecule is CCC(=O)N1CCC[C@H](Oc2ccccc2N2CCNCC2)C1. The standard InChI is InChI=1S/C18H27N3O2/c1-2-18(22)21-11-5-6-15(14-21)23-17-8-4-3-7-16(17)20-12-9-19-10-13-20/h3-4,7-8,15,19H,2,5-6,9-14H2,1H3/t15-/m0/s1. The van der Waals surface area contributed by atoms with Crippen molar-refractivity contribution in [1.82, 2.24) is 10.2 Å². The maximum absolute atomic E-state index is 11.9. The topological polar surface area (TPSA) is 44.8 Å². The van der Waals surface area contributed by atoms with Gasteiger partial charge in [0.05, 0.1) is 12.2 Å². The molecule has 0 aliphatic carbocycles. The van der Waals surface area contributed by atoms with Crippen LogP contribution in [0.15, 0.2) is 24.3 Å². The van der Waals surface area contributed by atoms with Crippen LogP contribution in [-0.4, -0.2) is 56.2 Å². The van der Waals surface area contributed by atoms with Gasteiger partial charge in [-0.1, -0.05) is 19.1 Å². The molecule has 0 aromatic heterocycles. The number of nitrogens with zero attached hydrogens (tertiary/aromatic N) is 2. The average Bonchev–Trinajstić information content (AvgIpc) is 2.62. The normalized spacial score (nSPS) is 22.0. The van der Waals surface area contributed by atoms with Gasteiger partial charge >= 0.3 is 0 Å². The molecule has 1 aromatic carbocycles. The Balaban J connectivity index is 1.68. The summed E-state index contributed by atoms with van der Waals surface area (Å²) in [6, 6.07) is 8.28. The molecule has 2 aliphatic rings. The number of hydrogen-bond acceptors (Lipinski definition) is 4. The van der Waals surface area contributed by atoms with Gasteiger partial charge in [0.25, 0.3) is 0 Å². The number of hydrogen-bond donors (Lipinski definition) is 1. The summed E-state index contributed by atoms with van der Waals surface area (Å²) in [4.78, 5) is 16.3. The number of ether oxygens (including phenoxy) is 1. The average molecular weight is 317 g/mol. The van der Waals surface area contributed by atoms with Crippen LogP contribution in [-0.2, 0) is 4.79 Å². The number of para-hydroxylation sites is 2. The van der Waals surface area contributed by atoms with E-state index in [2.05, 4.69) is 28.4 Å². The van der Waals surface area contributed by atoms with Crippen LogP contribution in [0, 0.1) is 0 Å². The third-order valence-electron chi connectivity index (χ3n) is 4.65. The van der Waals surface area contributed by atoms with Crippen LogP contribution in [0.1, 0.15) is 26.2 Å². The van der Waals surface area contributed by atoms with E-state index in [-0.39, 0.29) is 12.0 Å². The van der Waals surface area contributed by atoms with Gasteiger partial charge in [-0.3, -0.25) is 4.79 Å². The van der Waals surface area contributed by atoms with E-state index in [0.717, 1.165) is 51.3 Å². The number of piperazine rings is 1. The number of likely N-dealkylation sites (tertiary alicyclic amines) is 1. The molecule has 23 heavy (non-hydrogen) atoms. The molecule has 0 unspecified atom stereocenters. The highest BCUT2D eigenvalue weighted by atomic mass is 16.5. The fraction of sp³-hybridized carbons (Fsp3) is 0.611. The van der Waals surface area contributed by atoms with Crippen LogP contribution in [0.4, 0.5) is 5.69 Å². The van der Waals surface area contributed by atoms with Gasteiger partial charge in [-0.25, -0.2) is 0 Å². The number of carbonyl (C=O) groups excluding carboxylic acids is 1. The van der Waals surface area contributed by atoms with E-state index in [4.69, 9.17) is 4.74 Å². The summed E-state index contributed by atoms with van der Waals surface area (Å²) in [5.41, 5.74) is 1.17. The van der Waals surface area contributed by atoms with E-state index in [1.54, 1.807) is 0 Å². The van der Waals surface area contributed by atoms with E-state index >= 15 is 0 Å². The van der Waals surface area contributed by atoms with Gasteiger partial charge in [-0.2, -0.15) is 0 Å². The number of amides is 1. The van der Waals surface area contributed by atoms with E-state index in [9.17, 15) is 4.79 Å². The Kier molecular flexibility index (Phi) is 5.39. The van der Waals surface area contributed by atoms with E-state index < -0.39 is 0 Å². The lowest BCUT2D eigenvalue weighted by molar-refractivity contribution is -0.133. The van der Waals surface area contributed by atoms with Crippen LogP contribution < -0.4 is 15.0 Å². The molecule has 2 aliphatic heterocycles. The molecule has 1 atom stereocenters. The quantitative estimate of drug-likeness (QED) is 0.921. The van der Waals surface area contributed by atoms with Crippen molar-refractivity contribution in [2.75, 3.05) is 44.2 Å². The van der Waals surface area contributed by atoms with Crippen LogP contribution in [0.2, 0.25) is 0 Å². The molecular formula is C18H27N3O2. The number of benzene rings is 1. The van der Waals surface area contributed by atoms with E-state index in [1.807, 2.05) is 17.9 Å². The lowest BCUT2D eigenvalue weighted by Gasteiger charge is -2.35. The smallest absolute Gasteiger partial charge is 0.222 e. The van der Waals surface area contributed by atoms with Gasteiger partial charge in [-0.05, 0) is 25.0 Å². The Labute approximate surface area is 138 Å². The highest BCUT2D eigenvalue weighted by Gasteiger charge is 2.25. The second-order valence-electron chi connectivity index (χ2n) is 6.28. The van der Waals surface area contributed by atoms with Crippen LogP contribution in [0.5, 0.6) is 5.75 Å². The number of rotatable bonds is 4. The predicted octanol–water partition coefficient (Wildman–Crippen LogP) is 1.88. The zero-order valence-electron chi connectivity index (χ0n) is 14.0. The largest absolute Gasteiger partial charge is 0.486 e. The van der Waals surface area contributed by atoms with Crippen molar-refractivity contribution in [3.63, 3.8) is 0 Å². The molecule has 2 saturated heterocycles. The van der Waals surface area contributed by atoms with Crippen molar-refractivity contribution >= 4 is 11.6 Å². The molecule has 5 heteroatoms. The van der Waals surface area contributed by atoms with Crippen LogP contribution in [0.3, 0.4) is 0 Å². The first-order valence-corrected chi connectivity index (χ1v) is 8.77. The molecule has 2 fully saturated rings. The summed E-state index contributed by atoms with van der Waals surface area (Å²) in [5, 5.41) is 3.38. The molecule has 1 aromatic rings. The zero-order chi connectivity index (χ0) is 16.1. The van der Waals surface area contributed by atoms with Crippen molar-refractivity contribution in [3.05, 3.63) is 24.3 Å². The Morgan fingerprint density at radius 2 is 2.04 bits per heavy atom. The first-order chi connectivity index (χ1) is 11.3. The van der Waals surface area contributed by atoms with Gasteiger partial charge in [-0.15, -0.1) is 0 Å². The minimum absolute atomic E-state index is 0.100. The zero-order valence-corrected chi connectivity index (χ0v) is 14.0. The van der Waals surface area contributed by atoms with Gasteiger partial charge < -0.3 is 19.9 Å². The summed E-state index contributed by atoms with van der Waals surface area (Å²) >= 11 is 0. The highest BCUT2D eigenvalue weighted by molar-refractivity contribution is 5.75. The predicted molar refractivity (Wildman–Crippen MR) is 92.0 cm³/mol. The Morgan fingerprint density at radius 3 is 2.83 bits per heavy atom. The van der Waals surface area contributed by atoms with Gasteiger partial charge in [0.1, 0.15) is 11.9 Å². The molecule has 5 nitrogen and oxygen atoms in total. The number of nitrogens with one attached hydrogen (secondary N) is 1. The summed E-state index contributed by atoms with van der Waals surface area (Å²) in [7, 11) is 0. The van der Waals surface area contributed by atoms with Gasteiger partial charge in [0.2, 0.25) is 5.91 Å². The molecule has 3 rings (SSSR count). The van der Waals surface area contributed by atoms with E-state index in [0.29, 0.717) is 13.0 Å². The van der Waals surface area contributed by atoms with Crippen molar-refractivity contribution in [2.24, 2.45) is 0 Å². The molecule has 126 valence electrons.